The molecule has 1 aromatic rings. The van der Waals surface area contributed by atoms with Crippen LogP contribution in [0.2, 0.25) is 0 Å². The highest BCUT2D eigenvalue weighted by molar-refractivity contribution is 7.52. The third kappa shape index (κ3) is 11.4. The molecule has 204 valence electrons. The summed E-state index contributed by atoms with van der Waals surface area (Å²) in [7, 11) is -4.01. The maximum Gasteiger partial charge on any atom is 0.459 e. The second-order valence-electron chi connectivity index (χ2n) is 9.28. The molecule has 1 saturated heterocycles. The van der Waals surface area contributed by atoms with Gasteiger partial charge in [-0.1, -0.05) is 57.2 Å². The average Bonchev–Trinajstić information content (AvgIpc) is 3.27. The van der Waals surface area contributed by atoms with Gasteiger partial charge >= 0.3 is 19.7 Å². The Morgan fingerprint density at radius 1 is 1.08 bits per heavy atom. The summed E-state index contributed by atoms with van der Waals surface area (Å²) in [5.41, 5.74) is 0. The highest BCUT2D eigenvalue weighted by Crippen LogP contribution is 2.45. The van der Waals surface area contributed by atoms with E-state index in [1.807, 2.05) is 0 Å². The zero-order chi connectivity index (χ0) is 26.4. The first kappa shape index (κ1) is 30.3. The summed E-state index contributed by atoms with van der Waals surface area (Å²) < 4.78 is 41.4. The van der Waals surface area contributed by atoms with Gasteiger partial charge in [-0.15, -0.1) is 0 Å². The van der Waals surface area contributed by atoms with Crippen molar-refractivity contribution in [3.05, 3.63) is 30.3 Å². The summed E-state index contributed by atoms with van der Waals surface area (Å²) >= 11 is 0. The maximum atomic E-state index is 13.6. The van der Waals surface area contributed by atoms with Crippen LogP contribution in [0.5, 0.6) is 5.75 Å². The molecule has 0 bridgehead atoms. The summed E-state index contributed by atoms with van der Waals surface area (Å²) in [6.45, 7) is 7.41. The normalized spacial score (nSPS) is 20.0. The summed E-state index contributed by atoms with van der Waals surface area (Å²) in [5.74, 6) is -0.533. The van der Waals surface area contributed by atoms with Crippen LogP contribution in [0.15, 0.2) is 30.3 Å². The largest absolute Gasteiger partial charge is 0.462 e. The van der Waals surface area contributed by atoms with Crippen LogP contribution in [0.3, 0.4) is 0 Å². The number of hydrogen-bond donors (Lipinski definition) is 1. The Bertz CT molecular complexity index is 834. The van der Waals surface area contributed by atoms with Gasteiger partial charge < -0.3 is 18.7 Å². The monoisotopic (exact) mass is 527 g/mol. The molecule has 10 heteroatoms. The van der Waals surface area contributed by atoms with Gasteiger partial charge in [-0.05, 0) is 39.3 Å². The number of para-hydroxylation sites is 1. The molecule has 0 saturated carbocycles. The lowest BCUT2D eigenvalue weighted by atomic mass is 10.1. The van der Waals surface area contributed by atoms with Crippen molar-refractivity contribution in [2.24, 2.45) is 0 Å². The van der Waals surface area contributed by atoms with Crippen LogP contribution >= 0.6 is 7.75 Å². The lowest BCUT2D eigenvalue weighted by molar-refractivity contribution is -0.153. The average molecular weight is 528 g/mol. The van der Waals surface area contributed by atoms with Crippen LogP contribution in [0, 0.1) is 0 Å². The maximum absolute atomic E-state index is 13.6. The molecule has 1 aliphatic heterocycles. The van der Waals surface area contributed by atoms with Crippen molar-refractivity contribution >= 4 is 19.7 Å². The van der Waals surface area contributed by atoms with Crippen LogP contribution < -0.4 is 9.61 Å². The molecule has 2 rings (SSSR count). The fraction of sp³-hybridized carbons (Fsp3) is 0.692. The van der Waals surface area contributed by atoms with Crippen molar-refractivity contribution in [2.45, 2.75) is 103 Å². The highest BCUT2D eigenvalue weighted by atomic mass is 31.2. The van der Waals surface area contributed by atoms with E-state index in [-0.39, 0.29) is 18.7 Å². The number of carbonyl (C=O) groups is 2. The molecule has 2 unspecified atom stereocenters. The van der Waals surface area contributed by atoms with E-state index in [1.165, 1.54) is 26.2 Å². The third-order valence-electron chi connectivity index (χ3n) is 5.60. The Hall–Kier alpha value is -1.93. The van der Waals surface area contributed by atoms with E-state index in [1.54, 1.807) is 44.2 Å². The van der Waals surface area contributed by atoms with Gasteiger partial charge in [-0.3, -0.25) is 14.1 Å². The van der Waals surface area contributed by atoms with Gasteiger partial charge in [0.15, 0.2) is 0 Å². The van der Waals surface area contributed by atoms with E-state index >= 15 is 0 Å². The lowest BCUT2D eigenvalue weighted by Crippen LogP contribution is -2.37. The molecule has 1 N–H and O–H groups in total. The second-order valence-corrected chi connectivity index (χ2v) is 11.0. The van der Waals surface area contributed by atoms with Gasteiger partial charge in [0.05, 0.1) is 19.3 Å². The second kappa shape index (κ2) is 16.0. The molecule has 1 aromatic carbocycles. The van der Waals surface area contributed by atoms with E-state index < -0.39 is 32.0 Å². The minimum absolute atomic E-state index is 0.141. The zero-order valence-corrected chi connectivity index (χ0v) is 22.9. The number of carbonyl (C=O) groups excluding carboxylic acids is 2. The van der Waals surface area contributed by atoms with Crippen molar-refractivity contribution in [2.75, 3.05) is 13.2 Å². The lowest BCUT2D eigenvalue weighted by Gasteiger charge is -2.25. The molecule has 1 aliphatic rings. The first-order chi connectivity index (χ1) is 17.2. The first-order valence-electron chi connectivity index (χ1n) is 13.0. The standard InChI is InChI=1S/C26H42NO8P/c1-5-6-7-8-9-13-16-25(28)34-23-17-18-31-24(23)19-32-36(30,35-22-14-11-10-12-15-22)27-21(4)26(29)33-20(2)3/h10-12,14-15,20-21,23-24H,5-9,13,16-19H2,1-4H3,(H,27,30)/t21-,23?,24?,36-/m0/s1. The molecule has 1 fully saturated rings. The molecular formula is C26H42NO8P. The van der Waals surface area contributed by atoms with E-state index in [9.17, 15) is 14.2 Å². The van der Waals surface area contributed by atoms with Gasteiger partial charge in [0.25, 0.3) is 0 Å². The van der Waals surface area contributed by atoms with Gasteiger partial charge in [-0.25, -0.2) is 4.57 Å². The van der Waals surface area contributed by atoms with Crippen molar-refractivity contribution in [3.8, 4) is 5.75 Å². The van der Waals surface area contributed by atoms with Gasteiger partial charge in [0.1, 0.15) is 24.0 Å². The molecule has 0 aliphatic carbocycles. The van der Waals surface area contributed by atoms with Gasteiger partial charge in [0.2, 0.25) is 0 Å². The van der Waals surface area contributed by atoms with Crippen LogP contribution in [-0.2, 0) is 32.9 Å². The smallest absolute Gasteiger partial charge is 0.459 e. The Morgan fingerprint density at radius 3 is 2.47 bits per heavy atom. The predicted octanol–water partition coefficient (Wildman–Crippen LogP) is 5.57. The van der Waals surface area contributed by atoms with E-state index in [0.717, 1.165) is 19.3 Å². The van der Waals surface area contributed by atoms with Gasteiger partial charge in [-0.2, -0.15) is 5.09 Å². The van der Waals surface area contributed by atoms with E-state index in [0.29, 0.717) is 25.2 Å². The van der Waals surface area contributed by atoms with E-state index in [4.69, 9.17) is 23.3 Å². The highest BCUT2D eigenvalue weighted by Gasteiger charge is 2.37. The molecule has 0 aromatic heterocycles. The van der Waals surface area contributed by atoms with Crippen molar-refractivity contribution in [1.29, 1.82) is 0 Å². The number of ether oxygens (including phenoxy) is 3. The van der Waals surface area contributed by atoms with Crippen molar-refractivity contribution in [3.63, 3.8) is 0 Å². The van der Waals surface area contributed by atoms with Gasteiger partial charge in [0, 0.05) is 12.8 Å². The number of rotatable bonds is 17. The summed E-state index contributed by atoms with van der Waals surface area (Å²) in [5, 5.41) is 2.65. The van der Waals surface area contributed by atoms with Crippen LogP contribution in [0.25, 0.3) is 0 Å². The fourth-order valence-corrected chi connectivity index (χ4v) is 5.20. The number of unbranched alkanes of at least 4 members (excludes halogenated alkanes) is 5. The molecular weight excluding hydrogens is 485 g/mol. The SMILES string of the molecule is CCCCCCCCC(=O)OC1CCOC1CO[P@@](=O)(N[C@@H](C)C(=O)OC(C)C)Oc1ccccc1. The van der Waals surface area contributed by atoms with Crippen molar-refractivity contribution < 1.29 is 37.4 Å². The molecule has 9 nitrogen and oxygen atoms in total. The Kier molecular flexibility index (Phi) is 13.5. The first-order valence-corrected chi connectivity index (χ1v) is 14.5. The molecule has 36 heavy (non-hydrogen) atoms. The van der Waals surface area contributed by atoms with Crippen LogP contribution in [0.1, 0.15) is 79.1 Å². The molecule has 0 radical (unpaired) electrons. The molecule has 0 spiro atoms. The number of esters is 2. The number of hydrogen-bond acceptors (Lipinski definition) is 8. The summed E-state index contributed by atoms with van der Waals surface area (Å²) in [4.78, 5) is 24.6. The van der Waals surface area contributed by atoms with Crippen molar-refractivity contribution in [1.82, 2.24) is 5.09 Å². The zero-order valence-electron chi connectivity index (χ0n) is 22.0. The van der Waals surface area contributed by atoms with Crippen LogP contribution in [-0.4, -0.2) is 49.5 Å². The minimum Gasteiger partial charge on any atom is -0.462 e. The Balaban J connectivity index is 1.93. The molecule has 0 amide bonds. The topological polar surface area (TPSA) is 109 Å². The summed E-state index contributed by atoms with van der Waals surface area (Å²) in [6.07, 6.45) is 6.01. The summed E-state index contributed by atoms with van der Waals surface area (Å²) in [6, 6.07) is 7.58. The number of benzene rings is 1. The third-order valence-corrected chi connectivity index (χ3v) is 7.24. The Morgan fingerprint density at radius 2 is 1.78 bits per heavy atom. The number of nitrogens with one attached hydrogen (secondary N) is 1. The van der Waals surface area contributed by atoms with Crippen LogP contribution in [0.4, 0.5) is 0 Å². The fourth-order valence-electron chi connectivity index (χ4n) is 3.70. The quantitative estimate of drug-likeness (QED) is 0.158. The molecule has 4 atom stereocenters. The minimum atomic E-state index is -4.01. The predicted molar refractivity (Wildman–Crippen MR) is 137 cm³/mol. The van der Waals surface area contributed by atoms with E-state index in [2.05, 4.69) is 12.0 Å². The Labute approximate surface area is 215 Å². The molecule has 1 heterocycles.